The third kappa shape index (κ3) is 4.05. The van der Waals surface area contributed by atoms with Crippen molar-refractivity contribution < 1.29 is 9.53 Å². The summed E-state index contributed by atoms with van der Waals surface area (Å²) in [6.45, 7) is 5.67. The fraction of sp³-hybridized carbons (Fsp3) is 0.440. The number of imidazole rings is 1. The Morgan fingerprint density at radius 1 is 1.21 bits per heavy atom. The number of benzene rings is 1. The number of anilines is 2. The van der Waals surface area contributed by atoms with Crippen molar-refractivity contribution in [2.75, 3.05) is 51.0 Å². The summed E-state index contributed by atoms with van der Waals surface area (Å²) in [6, 6.07) is 10.4. The van der Waals surface area contributed by atoms with Gasteiger partial charge in [-0.2, -0.15) is 0 Å². The van der Waals surface area contributed by atoms with Gasteiger partial charge in [-0.05, 0) is 77.3 Å². The fourth-order valence-corrected chi connectivity index (χ4v) is 4.99. The number of aromatic nitrogens is 2. The molecular formula is C25H32N6O2. The van der Waals surface area contributed by atoms with Crippen LogP contribution in [0.25, 0.3) is 16.9 Å². The Hall–Kier alpha value is -3.10. The second-order valence-electron chi connectivity index (χ2n) is 9.16. The highest BCUT2D eigenvalue weighted by Gasteiger charge is 2.27. The van der Waals surface area contributed by atoms with Crippen LogP contribution in [0.3, 0.4) is 0 Å². The van der Waals surface area contributed by atoms with Gasteiger partial charge in [0.2, 0.25) is 0 Å². The summed E-state index contributed by atoms with van der Waals surface area (Å²) < 4.78 is 7.78. The number of fused-ring (bicyclic) bond motifs is 2. The van der Waals surface area contributed by atoms with Crippen LogP contribution < -0.4 is 15.4 Å². The van der Waals surface area contributed by atoms with Gasteiger partial charge in [-0.25, -0.2) is 4.98 Å². The van der Waals surface area contributed by atoms with Crippen molar-refractivity contribution in [3.8, 4) is 17.0 Å². The number of ether oxygens (including phenoxy) is 1. The maximum Gasteiger partial charge on any atom is 0.265 e. The van der Waals surface area contributed by atoms with Gasteiger partial charge in [0.05, 0.1) is 17.1 Å². The third-order valence-corrected chi connectivity index (χ3v) is 6.94. The van der Waals surface area contributed by atoms with Gasteiger partial charge in [0, 0.05) is 36.6 Å². The molecule has 0 bridgehead atoms. The molecule has 33 heavy (non-hydrogen) atoms. The molecule has 2 aliphatic rings. The molecule has 0 atom stereocenters. The van der Waals surface area contributed by atoms with Crippen molar-refractivity contribution in [1.82, 2.24) is 19.2 Å². The summed E-state index contributed by atoms with van der Waals surface area (Å²) >= 11 is 0. The maximum absolute atomic E-state index is 12.4. The van der Waals surface area contributed by atoms with Gasteiger partial charge in [-0.3, -0.25) is 9.69 Å². The lowest BCUT2D eigenvalue weighted by Crippen LogP contribution is -2.41. The molecule has 2 aromatic heterocycles. The molecule has 0 aliphatic carbocycles. The predicted molar refractivity (Wildman–Crippen MR) is 131 cm³/mol. The molecule has 8 nitrogen and oxygen atoms in total. The zero-order chi connectivity index (χ0) is 23.1. The summed E-state index contributed by atoms with van der Waals surface area (Å²) in [7, 11) is 4.38. The Bertz CT molecular complexity index is 1180. The largest absolute Gasteiger partial charge is 0.482 e. The van der Waals surface area contributed by atoms with E-state index in [4.69, 9.17) is 15.5 Å². The predicted octanol–water partition coefficient (Wildman–Crippen LogP) is 2.85. The first-order chi connectivity index (χ1) is 15.9. The lowest BCUT2D eigenvalue weighted by Gasteiger charge is -2.35. The first-order valence-corrected chi connectivity index (χ1v) is 11.7. The highest BCUT2D eigenvalue weighted by molar-refractivity contribution is 5.98. The SMILES string of the molecule is CCN1C(=O)COc2ccc(-c3nc4ccc(N)cn4c3CN(C)C3CCN(C)CC3)cc21. The Morgan fingerprint density at radius 3 is 2.76 bits per heavy atom. The Kier molecular flexibility index (Phi) is 5.72. The number of likely N-dealkylation sites (tertiary alicyclic amines) is 1. The molecule has 8 heteroatoms. The smallest absolute Gasteiger partial charge is 0.265 e. The van der Waals surface area contributed by atoms with Crippen LogP contribution in [-0.4, -0.2) is 71.5 Å². The molecule has 0 unspecified atom stereocenters. The Balaban J connectivity index is 1.56. The molecule has 2 N–H and O–H groups in total. The van der Waals surface area contributed by atoms with Gasteiger partial charge >= 0.3 is 0 Å². The minimum absolute atomic E-state index is 0.0212. The summed E-state index contributed by atoms with van der Waals surface area (Å²) in [4.78, 5) is 24.0. The van der Waals surface area contributed by atoms with Crippen LogP contribution in [0.1, 0.15) is 25.5 Å². The topological polar surface area (TPSA) is 79.3 Å². The summed E-state index contributed by atoms with van der Waals surface area (Å²) in [5, 5.41) is 0. The normalized spacial score (nSPS) is 17.6. The number of hydrogen-bond donors (Lipinski definition) is 1. The number of nitrogens with zero attached hydrogens (tertiary/aromatic N) is 5. The van der Waals surface area contributed by atoms with Crippen LogP contribution in [0, 0.1) is 0 Å². The summed E-state index contributed by atoms with van der Waals surface area (Å²) in [6.07, 6.45) is 4.27. The second kappa shape index (κ2) is 8.68. The van der Waals surface area contributed by atoms with Crippen molar-refractivity contribution in [3.63, 3.8) is 0 Å². The average molecular weight is 449 g/mol. The molecule has 0 spiro atoms. The van der Waals surface area contributed by atoms with E-state index in [1.807, 2.05) is 43.5 Å². The van der Waals surface area contributed by atoms with Gasteiger partial charge in [-0.15, -0.1) is 0 Å². The minimum Gasteiger partial charge on any atom is -0.482 e. The van der Waals surface area contributed by atoms with Crippen LogP contribution in [0.15, 0.2) is 36.5 Å². The Morgan fingerprint density at radius 2 is 2.00 bits per heavy atom. The molecule has 3 aromatic rings. The van der Waals surface area contributed by atoms with E-state index < -0.39 is 0 Å². The number of nitrogens with two attached hydrogens (primary N) is 1. The number of piperidine rings is 1. The minimum atomic E-state index is -0.0212. The molecule has 1 fully saturated rings. The van der Waals surface area contributed by atoms with Crippen molar-refractivity contribution in [3.05, 3.63) is 42.2 Å². The molecule has 1 amide bonds. The lowest BCUT2D eigenvalue weighted by molar-refractivity contribution is -0.121. The number of likely N-dealkylation sites (N-methyl/N-ethyl adjacent to an activating group) is 1. The monoisotopic (exact) mass is 448 g/mol. The number of carbonyl (C=O) groups is 1. The molecule has 0 saturated carbocycles. The van der Waals surface area contributed by atoms with Gasteiger partial charge in [0.1, 0.15) is 11.4 Å². The van der Waals surface area contributed by atoms with Gasteiger partial charge in [0.15, 0.2) is 6.61 Å². The van der Waals surface area contributed by atoms with Gasteiger partial charge in [-0.1, -0.05) is 0 Å². The first kappa shape index (κ1) is 21.7. The molecule has 1 saturated heterocycles. The van der Waals surface area contributed by atoms with E-state index in [9.17, 15) is 4.79 Å². The van der Waals surface area contributed by atoms with Gasteiger partial charge < -0.3 is 24.7 Å². The molecule has 0 radical (unpaired) electrons. The van der Waals surface area contributed by atoms with Crippen LogP contribution in [0.4, 0.5) is 11.4 Å². The van der Waals surface area contributed by atoms with Gasteiger partial charge in [0.25, 0.3) is 5.91 Å². The first-order valence-electron chi connectivity index (χ1n) is 11.7. The van der Waals surface area contributed by atoms with E-state index in [1.165, 1.54) is 0 Å². The van der Waals surface area contributed by atoms with Crippen molar-refractivity contribution in [2.45, 2.75) is 32.4 Å². The fourth-order valence-electron chi connectivity index (χ4n) is 4.99. The molecule has 1 aromatic carbocycles. The van der Waals surface area contributed by atoms with Crippen molar-refractivity contribution in [2.24, 2.45) is 0 Å². The zero-order valence-electron chi connectivity index (χ0n) is 19.6. The number of hydrogen-bond acceptors (Lipinski definition) is 6. The van der Waals surface area contributed by atoms with E-state index in [0.717, 1.165) is 66.5 Å². The van der Waals surface area contributed by atoms with Crippen LogP contribution >= 0.6 is 0 Å². The van der Waals surface area contributed by atoms with E-state index in [2.05, 4.69) is 28.3 Å². The number of nitrogen functional groups attached to an aromatic ring is 1. The molecule has 4 heterocycles. The standard InChI is InChI=1S/C25H32N6O2/c1-4-30-20-13-17(5-7-22(20)33-16-24(30)32)25-21(31-14-18(26)6-8-23(31)27-25)15-29(3)19-9-11-28(2)12-10-19/h5-8,13-14,19H,4,9-12,15-16,26H2,1-3H3. The quantitative estimate of drug-likeness (QED) is 0.647. The zero-order valence-corrected chi connectivity index (χ0v) is 19.6. The summed E-state index contributed by atoms with van der Waals surface area (Å²) in [5.41, 5.74) is 11.5. The lowest BCUT2D eigenvalue weighted by atomic mass is 10.0. The second-order valence-corrected chi connectivity index (χ2v) is 9.16. The van der Waals surface area contributed by atoms with E-state index >= 15 is 0 Å². The Labute approximate surface area is 194 Å². The van der Waals surface area contributed by atoms with Crippen molar-refractivity contribution in [1.29, 1.82) is 0 Å². The van der Waals surface area contributed by atoms with E-state index in [1.54, 1.807) is 4.90 Å². The number of rotatable bonds is 5. The summed E-state index contributed by atoms with van der Waals surface area (Å²) in [5.74, 6) is 0.713. The molecule has 5 rings (SSSR count). The average Bonchev–Trinajstić information content (AvgIpc) is 3.16. The highest BCUT2D eigenvalue weighted by atomic mass is 16.5. The molecular weight excluding hydrogens is 416 g/mol. The third-order valence-electron chi connectivity index (χ3n) is 6.94. The number of amides is 1. The molecule has 174 valence electrons. The number of carbonyl (C=O) groups excluding carboxylic acids is 1. The van der Waals surface area contributed by atoms with E-state index in [-0.39, 0.29) is 12.5 Å². The van der Waals surface area contributed by atoms with E-state index in [0.29, 0.717) is 18.3 Å². The molecule has 2 aliphatic heterocycles. The van der Waals surface area contributed by atoms with Crippen LogP contribution in [0.2, 0.25) is 0 Å². The van der Waals surface area contributed by atoms with Crippen molar-refractivity contribution >= 4 is 22.9 Å². The number of pyridine rings is 1. The van der Waals surface area contributed by atoms with Crippen LogP contribution in [0.5, 0.6) is 5.75 Å². The highest BCUT2D eigenvalue weighted by Crippen LogP contribution is 2.37. The maximum atomic E-state index is 12.4. The van der Waals surface area contributed by atoms with Crippen LogP contribution in [-0.2, 0) is 11.3 Å².